The van der Waals surface area contributed by atoms with Crippen LogP contribution in [0.4, 0.5) is 5.69 Å². The molecule has 0 aliphatic heterocycles. The molecule has 0 saturated heterocycles. The molecule has 2 N–H and O–H groups in total. The Morgan fingerprint density at radius 2 is 1.62 bits per heavy atom. The molecule has 2 aromatic carbocycles. The van der Waals surface area contributed by atoms with Crippen molar-refractivity contribution in [2.45, 2.75) is 20.8 Å². The van der Waals surface area contributed by atoms with Crippen molar-refractivity contribution in [1.29, 1.82) is 0 Å². The minimum absolute atomic E-state index is 0.117. The normalized spacial score (nSPS) is 10.8. The summed E-state index contributed by atoms with van der Waals surface area (Å²) in [5.41, 5.74) is 5.84. The Hall–Kier alpha value is -2.55. The predicted molar refractivity (Wildman–Crippen MR) is 86.9 cm³/mol. The Bertz CT molecular complexity index is 810. The summed E-state index contributed by atoms with van der Waals surface area (Å²) in [7, 11) is 0. The molecule has 0 fully saturated rings. The van der Waals surface area contributed by atoms with E-state index in [4.69, 9.17) is 0 Å². The average molecular weight is 278 g/mol. The number of aromatic nitrogens is 1. The Morgan fingerprint density at radius 1 is 0.905 bits per heavy atom. The van der Waals surface area contributed by atoms with Crippen LogP contribution in [0, 0.1) is 20.8 Å². The zero-order valence-corrected chi connectivity index (χ0v) is 12.4. The van der Waals surface area contributed by atoms with Crippen molar-refractivity contribution in [3.8, 4) is 0 Å². The van der Waals surface area contributed by atoms with E-state index in [9.17, 15) is 4.79 Å². The van der Waals surface area contributed by atoms with E-state index in [1.165, 1.54) is 5.56 Å². The molecule has 0 spiro atoms. The molecule has 0 atom stereocenters. The molecular formula is C18H18N2O. The van der Waals surface area contributed by atoms with Crippen LogP contribution < -0.4 is 5.32 Å². The minimum atomic E-state index is -0.117. The number of aryl methyl sites for hydroxylation is 3. The second-order valence-electron chi connectivity index (χ2n) is 5.60. The molecule has 0 aliphatic rings. The number of anilines is 1. The monoisotopic (exact) mass is 278 g/mol. The van der Waals surface area contributed by atoms with Crippen molar-refractivity contribution in [3.05, 3.63) is 64.8 Å². The maximum atomic E-state index is 12.3. The van der Waals surface area contributed by atoms with Crippen LogP contribution in [-0.4, -0.2) is 10.9 Å². The van der Waals surface area contributed by atoms with E-state index < -0.39 is 0 Å². The van der Waals surface area contributed by atoms with Crippen molar-refractivity contribution in [2.75, 3.05) is 5.32 Å². The van der Waals surface area contributed by atoms with Gasteiger partial charge in [0, 0.05) is 16.6 Å². The quantitative estimate of drug-likeness (QED) is 0.719. The zero-order chi connectivity index (χ0) is 15.0. The lowest BCUT2D eigenvalue weighted by molar-refractivity contribution is 0.102. The Morgan fingerprint density at radius 3 is 2.33 bits per heavy atom. The number of hydrogen-bond donors (Lipinski definition) is 2. The van der Waals surface area contributed by atoms with Gasteiger partial charge in [0.25, 0.3) is 5.91 Å². The highest BCUT2D eigenvalue weighted by molar-refractivity contribution is 6.06. The molecule has 106 valence electrons. The number of amides is 1. The van der Waals surface area contributed by atoms with E-state index >= 15 is 0 Å². The number of hydrogen-bond acceptors (Lipinski definition) is 1. The van der Waals surface area contributed by atoms with Crippen LogP contribution in [0.3, 0.4) is 0 Å². The van der Waals surface area contributed by atoms with Crippen LogP contribution in [0.15, 0.2) is 42.5 Å². The average Bonchev–Trinajstić information content (AvgIpc) is 2.80. The molecule has 21 heavy (non-hydrogen) atoms. The molecule has 1 aromatic heterocycles. The molecule has 0 unspecified atom stereocenters. The van der Waals surface area contributed by atoms with Gasteiger partial charge in [0.2, 0.25) is 0 Å². The van der Waals surface area contributed by atoms with Crippen molar-refractivity contribution >= 4 is 22.5 Å². The number of H-pyrrole nitrogens is 1. The van der Waals surface area contributed by atoms with Gasteiger partial charge in [0.05, 0.1) is 0 Å². The van der Waals surface area contributed by atoms with Gasteiger partial charge in [-0.1, -0.05) is 17.7 Å². The zero-order valence-electron chi connectivity index (χ0n) is 12.4. The van der Waals surface area contributed by atoms with Crippen LogP contribution in [0.2, 0.25) is 0 Å². The standard InChI is InChI=1S/C18H18N2O/c1-11-4-5-16-14(7-11)10-17(20-16)18(21)19-15-8-12(2)6-13(3)9-15/h4-10,20H,1-3H3,(H,19,21). The van der Waals surface area contributed by atoms with Gasteiger partial charge in [-0.2, -0.15) is 0 Å². The van der Waals surface area contributed by atoms with Crippen LogP contribution in [0.1, 0.15) is 27.2 Å². The van der Waals surface area contributed by atoms with Crippen LogP contribution in [0.5, 0.6) is 0 Å². The Balaban J connectivity index is 1.89. The van der Waals surface area contributed by atoms with Crippen LogP contribution in [0.25, 0.3) is 10.9 Å². The molecular weight excluding hydrogens is 260 g/mol. The number of carbonyl (C=O) groups excluding carboxylic acids is 1. The first-order chi connectivity index (χ1) is 10.0. The van der Waals surface area contributed by atoms with Crippen molar-refractivity contribution in [1.82, 2.24) is 4.98 Å². The van der Waals surface area contributed by atoms with Gasteiger partial charge in [-0.25, -0.2) is 0 Å². The summed E-state index contributed by atoms with van der Waals surface area (Å²) in [6, 6.07) is 14.0. The molecule has 0 bridgehead atoms. The van der Waals surface area contributed by atoms with Gasteiger partial charge >= 0.3 is 0 Å². The third kappa shape index (κ3) is 2.82. The van der Waals surface area contributed by atoms with E-state index in [0.29, 0.717) is 5.69 Å². The molecule has 0 radical (unpaired) electrons. The van der Waals surface area contributed by atoms with E-state index in [-0.39, 0.29) is 5.91 Å². The fraction of sp³-hybridized carbons (Fsp3) is 0.167. The lowest BCUT2D eigenvalue weighted by atomic mass is 10.1. The van der Waals surface area contributed by atoms with Gasteiger partial charge in [-0.3, -0.25) is 4.79 Å². The van der Waals surface area contributed by atoms with Crippen molar-refractivity contribution in [3.63, 3.8) is 0 Å². The van der Waals surface area contributed by atoms with E-state index in [2.05, 4.69) is 22.4 Å². The lowest BCUT2D eigenvalue weighted by Gasteiger charge is -2.06. The van der Waals surface area contributed by atoms with Crippen LogP contribution >= 0.6 is 0 Å². The molecule has 3 rings (SSSR count). The number of rotatable bonds is 2. The topological polar surface area (TPSA) is 44.9 Å². The largest absolute Gasteiger partial charge is 0.351 e. The maximum Gasteiger partial charge on any atom is 0.272 e. The van der Waals surface area contributed by atoms with E-state index in [1.807, 2.05) is 51.1 Å². The number of benzene rings is 2. The van der Waals surface area contributed by atoms with E-state index in [0.717, 1.165) is 27.7 Å². The lowest BCUT2D eigenvalue weighted by Crippen LogP contribution is -2.12. The summed E-state index contributed by atoms with van der Waals surface area (Å²) < 4.78 is 0. The SMILES string of the molecule is Cc1cc(C)cc(NC(=O)c2cc3cc(C)ccc3[nH]2)c1. The second kappa shape index (κ2) is 5.09. The molecule has 3 heteroatoms. The van der Waals surface area contributed by atoms with E-state index in [1.54, 1.807) is 0 Å². The molecule has 1 heterocycles. The summed E-state index contributed by atoms with van der Waals surface area (Å²) in [4.78, 5) is 15.5. The predicted octanol–water partition coefficient (Wildman–Crippen LogP) is 4.35. The molecule has 3 nitrogen and oxygen atoms in total. The van der Waals surface area contributed by atoms with Gasteiger partial charge in [-0.15, -0.1) is 0 Å². The Labute approximate surface area is 124 Å². The van der Waals surface area contributed by atoms with Gasteiger partial charge in [0.1, 0.15) is 5.69 Å². The maximum absolute atomic E-state index is 12.3. The van der Waals surface area contributed by atoms with Gasteiger partial charge < -0.3 is 10.3 Å². The highest BCUT2D eigenvalue weighted by Gasteiger charge is 2.10. The fourth-order valence-electron chi connectivity index (χ4n) is 2.62. The highest BCUT2D eigenvalue weighted by atomic mass is 16.1. The molecule has 0 aliphatic carbocycles. The first kappa shape index (κ1) is 13.4. The summed E-state index contributed by atoms with van der Waals surface area (Å²) >= 11 is 0. The molecule has 0 saturated carbocycles. The molecule has 1 amide bonds. The fourth-order valence-corrected chi connectivity index (χ4v) is 2.62. The minimum Gasteiger partial charge on any atom is -0.351 e. The van der Waals surface area contributed by atoms with Gasteiger partial charge in [0.15, 0.2) is 0 Å². The van der Waals surface area contributed by atoms with Crippen molar-refractivity contribution in [2.24, 2.45) is 0 Å². The highest BCUT2D eigenvalue weighted by Crippen LogP contribution is 2.19. The second-order valence-corrected chi connectivity index (χ2v) is 5.60. The summed E-state index contributed by atoms with van der Waals surface area (Å²) in [5, 5.41) is 4.00. The number of aromatic amines is 1. The number of fused-ring (bicyclic) bond motifs is 1. The number of carbonyl (C=O) groups is 1. The third-order valence-corrected chi connectivity index (χ3v) is 3.50. The van der Waals surface area contributed by atoms with Crippen molar-refractivity contribution < 1.29 is 4.79 Å². The van der Waals surface area contributed by atoms with Crippen LogP contribution in [-0.2, 0) is 0 Å². The van der Waals surface area contributed by atoms with Gasteiger partial charge in [-0.05, 0) is 62.2 Å². The Kier molecular flexibility index (Phi) is 3.26. The molecule has 3 aromatic rings. The number of nitrogens with one attached hydrogen (secondary N) is 2. The summed E-state index contributed by atoms with van der Waals surface area (Å²) in [6.07, 6.45) is 0. The smallest absolute Gasteiger partial charge is 0.272 e. The summed E-state index contributed by atoms with van der Waals surface area (Å²) in [6.45, 7) is 6.09. The summed E-state index contributed by atoms with van der Waals surface area (Å²) in [5.74, 6) is -0.117. The first-order valence-corrected chi connectivity index (χ1v) is 7.00. The third-order valence-electron chi connectivity index (χ3n) is 3.50. The first-order valence-electron chi connectivity index (χ1n) is 7.00.